The highest BCUT2D eigenvalue weighted by molar-refractivity contribution is 7.99. The van der Waals surface area contributed by atoms with Crippen molar-refractivity contribution < 1.29 is 18.3 Å². The van der Waals surface area contributed by atoms with E-state index in [1.807, 2.05) is 6.07 Å². The average Bonchev–Trinajstić information content (AvgIpc) is 2.64. The zero-order chi connectivity index (χ0) is 18.1. The number of carboxylic acid groups (broad SMARTS) is 1. The maximum Gasteiger partial charge on any atom is 0.337 e. The Hall–Kier alpha value is -2.03. The number of rotatable bonds is 3. The molecule has 8 heteroatoms. The van der Waals surface area contributed by atoms with Crippen molar-refractivity contribution in [3.8, 4) is 0 Å². The molecule has 2 aromatic rings. The summed E-state index contributed by atoms with van der Waals surface area (Å²) >= 11 is 1.09. The molecule has 2 heterocycles. The molecule has 0 aliphatic carbocycles. The lowest BCUT2D eigenvalue weighted by Crippen LogP contribution is -2.21. The van der Waals surface area contributed by atoms with Gasteiger partial charge in [0.1, 0.15) is 0 Å². The molecule has 25 heavy (non-hydrogen) atoms. The van der Waals surface area contributed by atoms with Gasteiger partial charge in [-0.25, -0.2) is 4.79 Å². The van der Waals surface area contributed by atoms with Gasteiger partial charge in [-0.15, -0.1) is 0 Å². The molecule has 0 unspecified atom stereocenters. The number of piperidine rings is 1. The van der Waals surface area contributed by atoms with Crippen molar-refractivity contribution in [2.45, 2.75) is 29.1 Å². The van der Waals surface area contributed by atoms with E-state index in [4.69, 9.17) is 5.11 Å². The fraction of sp³-hybridized carbons (Fsp3) is 0.294. The number of carboxylic acids is 1. The van der Waals surface area contributed by atoms with E-state index in [0.29, 0.717) is 0 Å². The summed E-state index contributed by atoms with van der Waals surface area (Å²) < 4.78 is 22.2. The van der Waals surface area contributed by atoms with Gasteiger partial charge in [0.05, 0.1) is 10.5 Å². The smallest absolute Gasteiger partial charge is 0.337 e. The zero-order valence-electron chi connectivity index (χ0n) is 13.6. The molecule has 1 aromatic carbocycles. The monoisotopic (exact) mass is 380 g/mol. The molecule has 1 aliphatic rings. The highest BCUT2D eigenvalue weighted by atomic mass is 32.2. The second kappa shape index (κ2) is 10.1. The van der Waals surface area contributed by atoms with Crippen LogP contribution in [-0.2, 0) is 10.3 Å². The van der Waals surface area contributed by atoms with E-state index in [-0.39, 0.29) is 15.1 Å². The first-order valence-corrected chi connectivity index (χ1v) is 9.79. The molecule has 0 atom stereocenters. The molecule has 1 aromatic heterocycles. The molecule has 1 aliphatic heterocycles. The van der Waals surface area contributed by atoms with Crippen LogP contribution >= 0.6 is 11.8 Å². The third-order valence-electron chi connectivity index (χ3n) is 3.48. The number of hydrogen-bond acceptors (Lipinski definition) is 5. The third-order valence-corrected chi connectivity index (χ3v) is 5.40. The van der Waals surface area contributed by atoms with Crippen molar-refractivity contribution in [1.29, 1.82) is 0 Å². The lowest BCUT2D eigenvalue weighted by molar-refractivity contribution is 0.0693. The van der Waals surface area contributed by atoms with Crippen molar-refractivity contribution in [2.24, 2.45) is 0 Å². The Morgan fingerprint density at radius 3 is 2.20 bits per heavy atom. The minimum atomic E-state index is -2.53. The van der Waals surface area contributed by atoms with Crippen LogP contribution in [0.1, 0.15) is 29.6 Å². The van der Waals surface area contributed by atoms with E-state index in [0.717, 1.165) is 16.7 Å². The van der Waals surface area contributed by atoms with Crippen LogP contribution in [0.2, 0.25) is 0 Å². The summed E-state index contributed by atoms with van der Waals surface area (Å²) in [7, 11) is -2.53. The van der Waals surface area contributed by atoms with Gasteiger partial charge in [-0.3, -0.25) is 0 Å². The van der Waals surface area contributed by atoms with Crippen LogP contribution in [0.25, 0.3) is 0 Å². The SMILES string of the molecule is C1CCNCC1.O=C(O)c1cc[nH]c(=S(=O)=O)c1Sc1ccccc1. The minimum absolute atomic E-state index is 0.0493. The lowest BCUT2D eigenvalue weighted by Gasteiger charge is -2.08. The average molecular weight is 380 g/mol. The summed E-state index contributed by atoms with van der Waals surface area (Å²) in [6, 6.07) is 10.3. The second-order valence-corrected chi connectivity index (χ2v) is 7.28. The van der Waals surface area contributed by atoms with Crippen LogP contribution in [0.15, 0.2) is 52.4 Å². The van der Waals surface area contributed by atoms with Gasteiger partial charge in [-0.05, 0) is 44.1 Å². The summed E-state index contributed by atoms with van der Waals surface area (Å²) in [5.74, 6) is -1.17. The van der Waals surface area contributed by atoms with Crippen LogP contribution < -0.4 is 5.32 Å². The van der Waals surface area contributed by atoms with Crippen LogP contribution in [-0.4, -0.2) is 37.6 Å². The molecule has 1 saturated heterocycles. The topological polar surface area (TPSA) is 99.3 Å². The van der Waals surface area contributed by atoms with Crippen molar-refractivity contribution in [3.05, 3.63) is 52.8 Å². The first kappa shape index (κ1) is 19.3. The number of carbonyl (C=O) groups is 1. The molecule has 0 bridgehead atoms. The van der Waals surface area contributed by atoms with Crippen LogP contribution in [0.3, 0.4) is 0 Å². The van der Waals surface area contributed by atoms with Gasteiger partial charge in [-0.1, -0.05) is 36.4 Å². The molecule has 6 nitrogen and oxygen atoms in total. The molecule has 0 radical (unpaired) electrons. The number of nitrogens with one attached hydrogen (secondary N) is 2. The van der Waals surface area contributed by atoms with Gasteiger partial charge >= 0.3 is 5.97 Å². The molecule has 3 rings (SSSR count). The number of aromatic carboxylic acids is 1. The molecule has 0 spiro atoms. The predicted molar refractivity (Wildman–Crippen MR) is 97.2 cm³/mol. The van der Waals surface area contributed by atoms with Gasteiger partial charge in [0, 0.05) is 11.1 Å². The minimum Gasteiger partial charge on any atom is -0.478 e. The summed E-state index contributed by atoms with van der Waals surface area (Å²) in [6.07, 6.45) is 5.51. The van der Waals surface area contributed by atoms with E-state index in [9.17, 15) is 13.2 Å². The Bertz CT molecular complexity index is 854. The largest absolute Gasteiger partial charge is 0.478 e. The first-order chi connectivity index (χ1) is 12.1. The Balaban J connectivity index is 0.000000316. The van der Waals surface area contributed by atoms with Gasteiger partial charge in [0.2, 0.25) is 10.3 Å². The molecule has 1 fully saturated rings. The van der Waals surface area contributed by atoms with Crippen molar-refractivity contribution in [1.82, 2.24) is 10.3 Å². The Morgan fingerprint density at radius 1 is 1.04 bits per heavy atom. The highest BCUT2D eigenvalue weighted by Crippen LogP contribution is 2.30. The summed E-state index contributed by atoms with van der Waals surface area (Å²) in [5, 5.41) is 12.4. The molecule has 0 amide bonds. The highest BCUT2D eigenvalue weighted by Gasteiger charge is 2.14. The quantitative estimate of drug-likeness (QED) is 0.708. The van der Waals surface area contributed by atoms with E-state index >= 15 is 0 Å². The van der Waals surface area contributed by atoms with Crippen molar-refractivity contribution >= 4 is 28.0 Å². The summed E-state index contributed by atoms with van der Waals surface area (Å²) in [5.41, 5.74) is -0.0493. The van der Waals surface area contributed by atoms with E-state index in [1.165, 1.54) is 44.6 Å². The van der Waals surface area contributed by atoms with Crippen LogP contribution in [0, 0.1) is 4.64 Å². The second-order valence-electron chi connectivity index (χ2n) is 5.32. The predicted octanol–water partition coefficient (Wildman–Crippen LogP) is 3.04. The van der Waals surface area contributed by atoms with Crippen molar-refractivity contribution in [2.75, 3.05) is 13.1 Å². The standard InChI is InChI=1S/C12H9NO4S2.C5H11N/c14-12(15)9-6-7-13-11(19(16)17)10(9)18-8-4-2-1-3-5-8;1-2-4-6-5-3-1/h1-7,13H,(H,14,15);6H,1-5H2. The Labute approximate surface area is 151 Å². The molecular weight excluding hydrogens is 360 g/mol. The number of aromatic nitrogens is 1. The van der Waals surface area contributed by atoms with Gasteiger partial charge in [-0.2, -0.15) is 8.42 Å². The number of benzene rings is 1. The molecule has 3 N–H and O–H groups in total. The third kappa shape index (κ3) is 6.08. The fourth-order valence-electron chi connectivity index (χ4n) is 2.27. The normalized spacial score (nSPS) is 13.4. The van der Waals surface area contributed by atoms with E-state index in [1.54, 1.807) is 24.3 Å². The zero-order valence-corrected chi connectivity index (χ0v) is 15.2. The van der Waals surface area contributed by atoms with Gasteiger partial charge in [0.25, 0.3) is 0 Å². The van der Waals surface area contributed by atoms with E-state index in [2.05, 4.69) is 10.3 Å². The Kier molecular flexibility index (Phi) is 7.77. The maximum atomic E-state index is 11.2. The fourth-order valence-corrected chi connectivity index (χ4v) is 3.97. The molecule has 134 valence electrons. The lowest BCUT2D eigenvalue weighted by atomic mass is 10.2. The number of aromatic amines is 1. The molecule has 0 saturated carbocycles. The number of H-pyrrole nitrogens is 1. The number of hydrogen-bond donors (Lipinski definition) is 3. The van der Waals surface area contributed by atoms with Crippen LogP contribution in [0.4, 0.5) is 0 Å². The van der Waals surface area contributed by atoms with Crippen LogP contribution in [0.5, 0.6) is 0 Å². The number of pyridine rings is 1. The summed E-state index contributed by atoms with van der Waals surface area (Å²) in [4.78, 5) is 14.6. The van der Waals surface area contributed by atoms with Gasteiger partial charge < -0.3 is 15.4 Å². The van der Waals surface area contributed by atoms with Crippen molar-refractivity contribution in [3.63, 3.8) is 0 Å². The Morgan fingerprint density at radius 2 is 1.72 bits per heavy atom. The molecular formula is C17H20N2O4S2. The maximum absolute atomic E-state index is 11.2. The summed E-state index contributed by atoms with van der Waals surface area (Å²) in [6.45, 7) is 2.50. The van der Waals surface area contributed by atoms with Gasteiger partial charge in [0.15, 0.2) is 4.64 Å². The van der Waals surface area contributed by atoms with E-state index < -0.39 is 16.3 Å². The first-order valence-electron chi connectivity index (χ1n) is 7.90.